The number of carbonyl (C=O) groups is 1. The Labute approximate surface area is 133 Å². The van der Waals surface area contributed by atoms with Gasteiger partial charge in [-0.05, 0) is 0 Å². The van der Waals surface area contributed by atoms with Gasteiger partial charge in [0.15, 0.2) is 0 Å². The molecule has 21 heavy (non-hydrogen) atoms. The Balaban J connectivity index is -0.00000108. The van der Waals surface area contributed by atoms with Gasteiger partial charge in [-0.15, -0.1) is 0 Å². The molecule has 1 aromatic carbocycles. The molecule has 0 fully saturated rings. The first-order valence-electron chi connectivity index (χ1n) is 6.48. The van der Waals surface area contributed by atoms with Crippen molar-refractivity contribution in [3.8, 4) is 0 Å². The predicted octanol–water partition coefficient (Wildman–Crippen LogP) is -1.35. The number of nitrogens with zero attached hydrogens (tertiary/aromatic N) is 2. The van der Waals surface area contributed by atoms with E-state index in [4.69, 9.17) is 0 Å². The Morgan fingerprint density at radius 3 is 2.05 bits per heavy atom. The van der Waals surface area contributed by atoms with Crippen molar-refractivity contribution in [1.82, 2.24) is 8.76 Å². The summed E-state index contributed by atoms with van der Waals surface area (Å²) in [6, 6.07) is 10.3. The molecule has 7 heteroatoms. The van der Waals surface area contributed by atoms with E-state index in [1.807, 2.05) is 29.1 Å². The second kappa shape index (κ2) is 14.0. The molecule has 0 aromatic heterocycles. The molecule has 0 bridgehead atoms. The fourth-order valence-electron chi connectivity index (χ4n) is 1.73. The molecule has 1 rings (SSSR count). The third-order valence-electron chi connectivity index (χ3n) is 2.98. The topological polar surface area (TPSA) is 118 Å². The summed E-state index contributed by atoms with van der Waals surface area (Å²) in [6.45, 7) is 7.17. The molecule has 0 saturated heterocycles. The minimum absolute atomic E-state index is 0. The second-order valence-electron chi connectivity index (χ2n) is 4.21. The number of benzene rings is 1. The van der Waals surface area contributed by atoms with E-state index in [1.165, 1.54) is 4.40 Å². The van der Waals surface area contributed by atoms with Gasteiger partial charge in [-0.3, -0.25) is 0 Å². The molecular weight excluding hydrogens is 333 g/mol. The zero-order valence-electron chi connectivity index (χ0n) is 13.0. The fraction of sp³-hybridized carbons (Fsp3) is 0.500. The van der Waals surface area contributed by atoms with Crippen molar-refractivity contribution in [3.05, 3.63) is 30.3 Å². The van der Waals surface area contributed by atoms with Crippen LogP contribution in [0.3, 0.4) is 0 Å². The van der Waals surface area contributed by atoms with Gasteiger partial charge in [0, 0.05) is 0 Å². The molecule has 0 aliphatic rings. The maximum absolute atomic E-state index is 12.0. The van der Waals surface area contributed by atoms with E-state index < -0.39 is 15.7 Å². The molecule has 0 unspecified atom stereocenters. The van der Waals surface area contributed by atoms with Crippen molar-refractivity contribution in [3.63, 3.8) is 0 Å². The molecule has 122 valence electrons. The first kappa shape index (κ1) is 25.1. The van der Waals surface area contributed by atoms with Crippen molar-refractivity contribution in [2.45, 2.75) is 20.3 Å². The Bertz CT molecular complexity index is 361. The molecule has 0 aliphatic carbocycles. The summed E-state index contributed by atoms with van der Waals surface area (Å²) in [4.78, 5) is 14.3. The van der Waals surface area contributed by atoms with Crippen molar-refractivity contribution >= 4 is 26.0 Å². The van der Waals surface area contributed by atoms with Crippen LogP contribution in [0.4, 0.5) is 0 Å². The Hall–Kier alpha value is -0.927. The van der Waals surface area contributed by atoms with Crippen LogP contribution < -0.4 is 4.40 Å². The van der Waals surface area contributed by atoms with Crippen LogP contribution >= 0.6 is 0 Å². The van der Waals surface area contributed by atoms with Gasteiger partial charge >= 0.3 is 117 Å². The van der Waals surface area contributed by atoms with E-state index in [2.05, 4.69) is 30.9 Å². The van der Waals surface area contributed by atoms with Gasteiger partial charge < -0.3 is 16.4 Å². The SMILES string of the molecule is CCN(CC)CCC(=O)[N](C)[Ge][c]1ccccc1.O.O.O. The van der Waals surface area contributed by atoms with Gasteiger partial charge in [0.1, 0.15) is 0 Å². The Morgan fingerprint density at radius 2 is 1.57 bits per heavy atom. The van der Waals surface area contributed by atoms with Gasteiger partial charge in [-0.1, -0.05) is 0 Å². The monoisotopic (exact) mass is 362 g/mol. The smallest absolute Gasteiger partial charge is 0.412 e. The maximum Gasteiger partial charge on any atom is -0.412 e. The standard InChI is InChI=1S/C14H22GeN2O.3H2O/c1-4-17(5-2)12-11-14(18)16(3)15-13-9-7-6-8-10-13;;;/h6-10H,4-5,11-12H2,1-3H3;3*1H2. The van der Waals surface area contributed by atoms with E-state index in [0.29, 0.717) is 6.42 Å². The molecule has 0 aliphatic heterocycles. The molecule has 1 aromatic rings. The molecule has 1 amide bonds. The average Bonchev–Trinajstić information content (AvgIpc) is 2.40. The van der Waals surface area contributed by atoms with Gasteiger partial charge in [0.2, 0.25) is 0 Å². The molecule has 0 atom stereocenters. The van der Waals surface area contributed by atoms with E-state index in [9.17, 15) is 4.79 Å². The van der Waals surface area contributed by atoms with Crippen LogP contribution in [0, 0.1) is 0 Å². The molecule has 2 radical (unpaired) electrons. The summed E-state index contributed by atoms with van der Waals surface area (Å²) in [7, 11) is 1.93. The first-order chi connectivity index (χ1) is 8.67. The van der Waals surface area contributed by atoms with Gasteiger partial charge in [-0.25, -0.2) is 0 Å². The summed E-state index contributed by atoms with van der Waals surface area (Å²) in [5.41, 5.74) is 0. The van der Waals surface area contributed by atoms with Crippen molar-refractivity contribution in [2.75, 3.05) is 26.7 Å². The van der Waals surface area contributed by atoms with Crippen LogP contribution in [-0.4, -0.2) is 73.4 Å². The van der Waals surface area contributed by atoms with Crippen molar-refractivity contribution < 1.29 is 21.2 Å². The molecule has 6 nitrogen and oxygen atoms in total. The first-order valence-corrected chi connectivity index (χ1v) is 8.46. The third-order valence-corrected chi connectivity index (χ3v) is 5.45. The normalized spacial score (nSPS) is 9.14. The fourth-order valence-corrected chi connectivity index (χ4v) is 3.76. The van der Waals surface area contributed by atoms with Crippen LogP contribution in [0.1, 0.15) is 20.3 Å². The Kier molecular flexibility index (Phi) is 16.7. The number of hydrogen-bond donors (Lipinski definition) is 0. The number of amides is 1. The molecule has 0 spiro atoms. The van der Waals surface area contributed by atoms with E-state index >= 15 is 0 Å². The van der Waals surface area contributed by atoms with Crippen molar-refractivity contribution in [1.29, 1.82) is 0 Å². The van der Waals surface area contributed by atoms with E-state index in [-0.39, 0.29) is 22.3 Å². The molecule has 0 heterocycles. The van der Waals surface area contributed by atoms with Gasteiger partial charge in [-0.2, -0.15) is 0 Å². The van der Waals surface area contributed by atoms with Crippen LogP contribution in [0.25, 0.3) is 0 Å². The van der Waals surface area contributed by atoms with Crippen LogP contribution in [0.15, 0.2) is 30.3 Å². The Morgan fingerprint density at radius 1 is 1.05 bits per heavy atom. The van der Waals surface area contributed by atoms with Crippen molar-refractivity contribution in [2.24, 2.45) is 0 Å². The minimum Gasteiger partial charge on any atom is -0.412 e. The molecule has 6 N–H and O–H groups in total. The van der Waals surface area contributed by atoms with Crippen LogP contribution in [0.5, 0.6) is 0 Å². The zero-order chi connectivity index (χ0) is 13.4. The maximum atomic E-state index is 12.0. The summed E-state index contributed by atoms with van der Waals surface area (Å²) in [5, 5.41) is 0. The zero-order valence-corrected chi connectivity index (χ0v) is 15.1. The quantitative estimate of drug-likeness (QED) is 0.558. The number of rotatable bonds is 7. The average molecular weight is 361 g/mol. The molecular formula is C14H28GeN2O4. The summed E-state index contributed by atoms with van der Waals surface area (Å²) in [5.74, 6) is 0.269. The number of carbonyl (C=O) groups excluding carboxylic acids is 1. The minimum atomic E-state index is -0.495. The summed E-state index contributed by atoms with van der Waals surface area (Å²) >= 11 is -0.495. The van der Waals surface area contributed by atoms with Gasteiger partial charge in [0.25, 0.3) is 0 Å². The predicted molar refractivity (Wildman–Crippen MR) is 87.8 cm³/mol. The second-order valence-corrected chi connectivity index (χ2v) is 7.30. The molecule has 0 saturated carbocycles. The third kappa shape index (κ3) is 9.59. The van der Waals surface area contributed by atoms with E-state index in [1.54, 1.807) is 0 Å². The summed E-state index contributed by atoms with van der Waals surface area (Å²) < 4.78 is 3.23. The van der Waals surface area contributed by atoms with Crippen LogP contribution in [0.2, 0.25) is 0 Å². The van der Waals surface area contributed by atoms with Crippen LogP contribution in [-0.2, 0) is 4.79 Å². The van der Waals surface area contributed by atoms with Gasteiger partial charge in [0.05, 0.1) is 0 Å². The number of hydrogen-bond acceptors (Lipinski definition) is 2. The van der Waals surface area contributed by atoms with E-state index in [0.717, 1.165) is 19.6 Å². The largest absolute Gasteiger partial charge is 0.412 e. The summed E-state index contributed by atoms with van der Waals surface area (Å²) in [6.07, 6.45) is 0.633.